The maximum atomic E-state index is 13.4. The van der Waals surface area contributed by atoms with Crippen molar-refractivity contribution in [1.82, 2.24) is 4.90 Å². The monoisotopic (exact) mass is 307 g/mol. The van der Waals surface area contributed by atoms with Gasteiger partial charge in [-0.1, -0.05) is 37.8 Å². The van der Waals surface area contributed by atoms with Crippen molar-refractivity contribution in [1.29, 1.82) is 0 Å². The van der Waals surface area contributed by atoms with Crippen molar-refractivity contribution in [3.63, 3.8) is 0 Å². The Balaban J connectivity index is 1.61. The molecular weight excluding hydrogens is 285 g/mol. The molecule has 1 atom stereocenters. The molecule has 1 saturated carbocycles. The summed E-state index contributed by atoms with van der Waals surface area (Å²) in [6, 6.07) is 6.66. The Bertz CT molecular complexity index is 501. The fourth-order valence-electron chi connectivity index (χ4n) is 3.43. The lowest BCUT2D eigenvalue weighted by Crippen LogP contribution is -2.30. The summed E-state index contributed by atoms with van der Waals surface area (Å²) >= 11 is 1.74. The van der Waals surface area contributed by atoms with Gasteiger partial charge >= 0.3 is 0 Å². The van der Waals surface area contributed by atoms with Crippen molar-refractivity contribution in [2.45, 2.75) is 43.9 Å². The first-order chi connectivity index (χ1) is 10.2. The highest BCUT2D eigenvalue weighted by atomic mass is 32.2. The summed E-state index contributed by atoms with van der Waals surface area (Å²) < 4.78 is 13.4. The molecule has 0 unspecified atom stereocenters. The van der Waals surface area contributed by atoms with E-state index in [4.69, 9.17) is 0 Å². The number of nitrogens with zero attached hydrogens (tertiary/aromatic N) is 1. The van der Waals surface area contributed by atoms with E-state index in [1.54, 1.807) is 23.9 Å². The van der Waals surface area contributed by atoms with Gasteiger partial charge in [0, 0.05) is 18.7 Å². The van der Waals surface area contributed by atoms with Crippen LogP contribution in [0.15, 0.2) is 24.3 Å². The second-order valence-electron chi connectivity index (χ2n) is 6.05. The number of hydrogen-bond donors (Lipinski definition) is 0. The fourth-order valence-corrected chi connectivity index (χ4v) is 4.70. The molecule has 1 heterocycles. The summed E-state index contributed by atoms with van der Waals surface area (Å²) in [5.41, 5.74) is 0.909. The lowest BCUT2D eigenvalue weighted by molar-refractivity contribution is -0.131. The van der Waals surface area contributed by atoms with Crippen LogP contribution in [0.25, 0.3) is 0 Å². The molecule has 0 aromatic heterocycles. The van der Waals surface area contributed by atoms with Crippen LogP contribution in [0.1, 0.15) is 49.5 Å². The first kappa shape index (κ1) is 14.9. The third-order valence-corrected chi connectivity index (χ3v) is 5.85. The summed E-state index contributed by atoms with van der Waals surface area (Å²) in [7, 11) is 0. The van der Waals surface area contributed by atoms with Crippen LogP contribution < -0.4 is 0 Å². The average molecular weight is 307 g/mol. The molecule has 1 aliphatic carbocycles. The van der Waals surface area contributed by atoms with Gasteiger partial charge in [0.1, 0.15) is 11.2 Å². The third kappa shape index (κ3) is 3.60. The van der Waals surface area contributed by atoms with E-state index in [0.717, 1.165) is 30.2 Å². The van der Waals surface area contributed by atoms with Crippen LogP contribution >= 0.6 is 11.8 Å². The minimum atomic E-state index is -0.224. The number of benzene rings is 1. The van der Waals surface area contributed by atoms with Crippen LogP contribution in [0.5, 0.6) is 0 Å². The molecule has 0 N–H and O–H groups in total. The van der Waals surface area contributed by atoms with Crippen molar-refractivity contribution < 1.29 is 9.18 Å². The topological polar surface area (TPSA) is 20.3 Å². The number of halogens is 1. The molecule has 4 heteroatoms. The number of carbonyl (C=O) groups is 1. The van der Waals surface area contributed by atoms with Crippen molar-refractivity contribution in [3.8, 4) is 0 Å². The van der Waals surface area contributed by atoms with Crippen LogP contribution in [0.2, 0.25) is 0 Å². The molecule has 2 aliphatic rings. The molecule has 2 nitrogen and oxygen atoms in total. The van der Waals surface area contributed by atoms with E-state index in [0.29, 0.717) is 6.42 Å². The highest BCUT2D eigenvalue weighted by Gasteiger charge is 2.31. The Labute approximate surface area is 130 Å². The quantitative estimate of drug-likeness (QED) is 0.823. The van der Waals surface area contributed by atoms with Crippen LogP contribution in [0, 0.1) is 11.7 Å². The number of hydrogen-bond acceptors (Lipinski definition) is 2. The largest absolute Gasteiger partial charge is 0.326 e. The standard InChI is InChI=1S/C17H22FNOS/c18-15-7-3-6-14(12-15)17-19(10-11-21-17)16(20)9-8-13-4-1-2-5-13/h3,6-7,12-13,17H,1-2,4-5,8-11H2/t17-/m1/s1. The van der Waals surface area contributed by atoms with Gasteiger partial charge in [0.05, 0.1) is 0 Å². The van der Waals surface area contributed by atoms with E-state index < -0.39 is 0 Å². The molecule has 1 aliphatic heterocycles. The minimum Gasteiger partial charge on any atom is -0.326 e. The number of thioether (sulfide) groups is 1. The molecule has 1 amide bonds. The molecule has 1 aromatic rings. The molecule has 1 saturated heterocycles. The van der Waals surface area contributed by atoms with E-state index in [1.165, 1.54) is 31.7 Å². The summed E-state index contributed by atoms with van der Waals surface area (Å²) in [5, 5.41) is -0.00298. The Morgan fingerprint density at radius 1 is 1.33 bits per heavy atom. The van der Waals surface area contributed by atoms with Gasteiger partial charge in [-0.05, 0) is 30.0 Å². The van der Waals surface area contributed by atoms with Crippen LogP contribution in [-0.2, 0) is 4.79 Å². The van der Waals surface area contributed by atoms with Gasteiger partial charge in [0.15, 0.2) is 0 Å². The smallest absolute Gasteiger partial charge is 0.223 e. The van der Waals surface area contributed by atoms with Gasteiger partial charge < -0.3 is 4.90 Å². The van der Waals surface area contributed by atoms with Crippen LogP contribution in [0.4, 0.5) is 4.39 Å². The summed E-state index contributed by atoms with van der Waals surface area (Å²) in [6.07, 6.45) is 6.90. The highest BCUT2D eigenvalue weighted by Crippen LogP contribution is 2.39. The van der Waals surface area contributed by atoms with Gasteiger partial charge in [0.2, 0.25) is 5.91 Å². The molecule has 21 heavy (non-hydrogen) atoms. The zero-order valence-corrected chi connectivity index (χ0v) is 13.1. The highest BCUT2D eigenvalue weighted by molar-refractivity contribution is 7.99. The van der Waals surface area contributed by atoms with Crippen molar-refractivity contribution in [2.75, 3.05) is 12.3 Å². The number of rotatable bonds is 4. The molecule has 0 radical (unpaired) electrons. The predicted octanol–water partition coefficient (Wildman–Crippen LogP) is 4.37. The van der Waals surface area contributed by atoms with Gasteiger partial charge in [-0.3, -0.25) is 4.79 Å². The summed E-state index contributed by atoms with van der Waals surface area (Å²) in [6.45, 7) is 0.787. The van der Waals surface area contributed by atoms with Gasteiger partial charge in [-0.25, -0.2) is 4.39 Å². The van der Waals surface area contributed by atoms with Gasteiger partial charge in [0.25, 0.3) is 0 Å². The van der Waals surface area contributed by atoms with Gasteiger partial charge in [-0.15, -0.1) is 11.8 Å². The molecule has 114 valence electrons. The first-order valence-corrected chi connectivity index (χ1v) is 8.95. The lowest BCUT2D eigenvalue weighted by Gasteiger charge is -2.24. The first-order valence-electron chi connectivity index (χ1n) is 7.90. The zero-order valence-electron chi connectivity index (χ0n) is 12.3. The van der Waals surface area contributed by atoms with Crippen molar-refractivity contribution in [3.05, 3.63) is 35.6 Å². The maximum Gasteiger partial charge on any atom is 0.223 e. The molecular formula is C17H22FNOS. The summed E-state index contributed by atoms with van der Waals surface area (Å²) in [5.74, 6) is 1.70. The summed E-state index contributed by atoms with van der Waals surface area (Å²) in [4.78, 5) is 14.4. The second kappa shape index (κ2) is 6.82. The van der Waals surface area contributed by atoms with E-state index >= 15 is 0 Å². The molecule has 3 rings (SSSR count). The Hall–Kier alpha value is -1.03. The molecule has 2 fully saturated rings. The van der Waals surface area contributed by atoms with E-state index in [2.05, 4.69) is 0 Å². The fraction of sp³-hybridized carbons (Fsp3) is 0.588. The zero-order chi connectivity index (χ0) is 14.7. The van der Waals surface area contributed by atoms with Crippen LogP contribution in [0.3, 0.4) is 0 Å². The second-order valence-corrected chi connectivity index (χ2v) is 7.24. The molecule has 1 aromatic carbocycles. The SMILES string of the molecule is O=C(CCC1CCCC1)N1CCS[C@@H]1c1cccc(F)c1. The lowest BCUT2D eigenvalue weighted by atomic mass is 10.0. The van der Waals surface area contributed by atoms with Crippen LogP contribution in [-0.4, -0.2) is 23.1 Å². The maximum absolute atomic E-state index is 13.4. The van der Waals surface area contributed by atoms with Crippen molar-refractivity contribution in [2.24, 2.45) is 5.92 Å². The van der Waals surface area contributed by atoms with Gasteiger partial charge in [-0.2, -0.15) is 0 Å². The molecule has 0 spiro atoms. The van der Waals surface area contributed by atoms with Crippen molar-refractivity contribution >= 4 is 17.7 Å². The Kier molecular flexibility index (Phi) is 4.84. The molecule has 0 bridgehead atoms. The Morgan fingerprint density at radius 2 is 2.14 bits per heavy atom. The van der Waals surface area contributed by atoms with E-state index in [-0.39, 0.29) is 17.1 Å². The third-order valence-electron chi connectivity index (χ3n) is 4.59. The average Bonchev–Trinajstić information content (AvgIpc) is 3.16. The van der Waals surface area contributed by atoms with E-state index in [1.807, 2.05) is 11.0 Å². The minimum absolute atomic E-state index is 0.00298. The predicted molar refractivity (Wildman–Crippen MR) is 84.5 cm³/mol. The number of amides is 1. The number of carbonyl (C=O) groups excluding carboxylic acids is 1. The normalized spacial score (nSPS) is 22.9. The van der Waals surface area contributed by atoms with E-state index in [9.17, 15) is 9.18 Å². The Morgan fingerprint density at radius 3 is 2.90 bits per heavy atom.